The number of ether oxygens (including phenoxy) is 1. The van der Waals surface area contributed by atoms with Crippen molar-refractivity contribution >= 4 is 40.4 Å². The Morgan fingerprint density at radius 3 is 2.65 bits per heavy atom. The van der Waals surface area contributed by atoms with Gasteiger partial charge in [0.25, 0.3) is 0 Å². The molecule has 3 heterocycles. The summed E-state index contributed by atoms with van der Waals surface area (Å²) < 4.78 is 5.64. The minimum absolute atomic E-state index is 0.0540. The van der Waals surface area contributed by atoms with Crippen LogP contribution in [0.25, 0.3) is 0 Å². The third kappa shape index (κ3) is 5.19. The van der Waals surface area contributed by atoms with Crippen LogP contribution in [-0.4, -0.2) is 36.4 Å². The maximum atomic E-state index is 6.29. The van der Waals surface area contributed by atoms with E-state index in [1.54, 1.807) is 0 Å². The third-order valence-corrected chi connectivity index (χ3v) is 7.42. The molecular weight excluding hydrogens is 464 g/mol. The molecule has 2 aromatic carbocycles. The topological polar surface area (TPSA) is 49.4 Å². The van der Waals surface area contributed by atoms with Gasteiger partial charge in [0.1, 0.15) is 5.82 Å². The van der Waals surface area contributed by atoms with Crippen LogP contribution >= 0.6 is 23.8 Å². The van der Waals surface area contributed by atoms with E-state index in [0.717, 1.165) is 68.6 Å². The summed E-state index contributed by atoms with van der Waals surface area (Å²) in [6.07, 6.45) is 4.76. The molecule has 0 radical (unpaired) electrons. The van der Waals surface area contributed by atoms with E-state index >= 15 is 0 Å². The Balaban J connectivity index is 1.20. The highest BCUT2D eigenvalue weighted by Gasteiger charge is 2.34. The maximum Gasteiger partial charge on any atom is 0.170 e. The molecule has 2 aliphatic rings. The van der Waals surface area contributed by atoms with Crippen LogP contribution in [0.5, 0.6) is 0 Å². The van der Waals surface area contributed by atoms with E-state index in [-0.39, 0.29) is 5.41 Å². The molecular formula is C27H29ClN4OS. The van der Waals surface area contributed by atoms with Gasteiger partial charge in [0.05, 0.1) is 11.9 Å². The number of pyridine rings is 1. The molecule has 176 valence electrons. The number of thiocarbonyl (C=S) groups is 1. The molecule has 0 bridgehead atoms. The van der Waals surface area contributed by atoms with Gasteiger partial charge in [-0.05, 0) is 72.4 Å². The van der Waals surface area contributed by atoms with E-state index in [9.17, 15) is 0 Å². The molecule has 0 saturated carbocycles. The number of aromatic nitrogens is 1. The standard InChI is InChI=1S/C27H29ClN4OS/c28-23-7-3-6-22(16-23)27(11-14-33-15-12-27)19-30-26(34)31-24-8-9-25(29-17-24)32-13-10-20-4-1-2-5-21(20)18-32/h1-9,16-17H,10-15,18-19H2,(H2,30,31,34). The average molecular weight is 493 g/mol. The van der Waals surface area contributed by atoms with Crippen LogP contribution in [-0.2, 0) is 23.1 Å². The van der Waals surface area contributed by atoms with E-state index in [4.69, 9.17) is 33.5 Å². The number of fused-ring (bicyclic) bond motifs is 1. The zero-order valence-electron chi connectivity index (χ0n) is 19.1. The number of nitrogens with zero attached hydrogens (tertiary/aromatic N) is 2. The van der Waals surface area contributed by atoms with Gasteiger partial charge < -0.3 is 20.3 Å². The summed E-state index contributed by atoms with van der Waals surface area (Å²) in [5.74, 6) is 0.987. The molecule has 0 amide bonds. The first-order valence-corrected chi connectivity index (χ1v) is 12.6. The molecule has 1 fully saturated rings. The number of hydrogen-bond donors (Lipinski definition) is 2. The van der Waals surface area contributed by atoms with Gasteiger partial charge in [-0.3, -0.25) is 0 Å². The number of anilines is 2. The predicted octanol–water partition coefficient (Wildman–Crippen LogP) is 5.33. The number of hydrogen-bond acceptors (Lipinski definition) is 4. The Labute approximate surface area is 211 Å². The minimum atomic E-state index is -0.0540. The van der Waals surface area contributed by atoms with Gasteiger partial charge in [-0.2, -0.15) is 0 Å². The quantitative estimate of drug-likeness (QED) is 0.469. The van der Waals surface area contributed by atoms with Gasteiger partial charge in [-0.1, -0.05) is 48.0 Å². The van der Waals surface area contributed by atoms with Crippen LogP contribution in [0.1, 0.15) is 29.5 Å². The molecule has 0 spiro atoms. The van der Waals surface area contributed by atoms with Gasteiger partial charge in [0, 0.05) is 43.3 Å². The monoisotopic (exact) mass is 492 g/mol. The summed E-state index contributed by atoms with van der Waals surface area (Å²) in [6.45, 7) is 4.07. The first-order chi connectivity index (χ1) is 16.6. The van der Waals surface area contributed by atoms with Crippen molar-refractivity contribution in [3.8, 4) is 0 Å². The number of nitrogens with one attached hydrogen (secondary N) is 2. The van der Waals surface area contributed by atoms with Crippen molar-refractivity contribution in [2.75, 3.05) is 36.5 Å². The summed E-state index contributed by atoms with van der Waals surface area (Å²) in [5, 5.41) is 8.07. The minimum Gasteiger partial charge on any atom is -0.381 e. The van der Waals surface area contributed by atoms with Crippen molar-refractivity contribution in [1.82, 2.24) is 10.3 Å². The molecule has 34 heavy (non-hydrogen) atoms. The van der Waals surface area contributed by atoms with Crippen LogP contribution in [0.3, 0.4) is 0 Å². The molecule has 0 aliphatic carbocycles. The normalized spacial score (nSPS) is 17.0. The molecule has 5 rings (SSSR count). The second-order valence-corrected chi connectivity index (χ2v) is 9.90. The molecule has 1 aromatic heterocycles. The van der Waals surface area contributed by atoms with Crippen molar-refractivity contribution in [1.29, 1.82) is 0 Å². The molecule has 2 N–H and O–H groups in total. The summed E-state index contributed by atoms with van der Waals surface area (Å²) in [7, 11) is 0. The first kappa shape index (κ1) is 23.1. The van der Waals surface area contributed by atoms with Gasteiger partial charge in [-0.25, -0.2) is 4.98 Å². The predicted molar refractivity (Wildman–Crippen MR) is 143 cm³/mol. The van der Waals surface area contributed by atoms with Crippen molar-refractivity contribution < 1.29 is 4.74 Å². The molecule has 7 heteroatoms. The largest absolute Gasteiger partial charge is 0.381 e. The lowest BCUT2D eigenvalue weighted by Gasteiger charge is -2.38. The maximum absolute atomic E-state index is 6.29. The highest BCUT2D eigenvalue weighted by atomic mass is 35.5. The van der Waals surface area contributed by atoms with E-state index in [0.29, 0.717) is 5.11 Å². The van der Waals surface area contributed by atoms with Crippen LogP contribution in [0.4, 0.5) is 11.5 Å². The van der Waals surface area contributed by atoms with Gasteiger partial charge in [0.2, 0.25) is 0 Å². The molecule has 2 aliphatic heterocycles. The lowest BCUT2D eigenvalue weighted by atomic mass is 9.74. The molecule has 0 atom stereocenters. The lowest BCUT2D eigenvalue weighted by molar-refractivity contribution is 0.0515. The zero-order valence-corrected chi connectivity index (χ0v) is 20.7. The number of halogens is 1. The number of rotatable bonds is 5. The van der Waals surface area contributed by atoms with E-state index in [1.807, 2.05) is 24.4 Å². The number of benzene rings is 2. The zero-order chi connectivity index (χ0) is 23.4. The Morgan fingerprint density at radius 2 is 1.88 bits per heavy atom. The van der Waals surface area contributed by atoms with E-state index in [2.05, 4.69) is 58.0 Å². The molecule has 1 saturated heterocycles. The molecule has 0 unspecified atom stereocenters. The van der Waals surface area contributed by atoms with E-state index < -0.39 is 0 Å². The fourth-order valence-electron chi connectivity index (χ4n) is 4.91. The molecule has 5 nitrogen and oxygen atoms in total. The van der Waals surface area contributed by atoms with Gasteiger partial charge in [0.15, 0.2) is 5.11 Å². The van der Waals surface area contributed by atoms with E-state index in [1.165, 1.54) is 16.7 Å². The van der Waals surface area contributed by atoms with Crippen LogP contribution < -0.4 is 15.5 Å². The lowest BCUT2D eigenvalue weighted by Crippen LogP contribution is -2.45. The van der Waals surface area contributed by atoms with Crippen molar-refractivity contribution in [2.45, 2.75) is 31.2 Å². The van der Waals surface area contributed by atoms with Crippen molar-refractivity contribution in [3.05, 3.63) is 88.6 Å². The summed E-state index contributed by atoms with van der Waals surface area (Å²) in [4.78, 5) is 7.02. The highest BCUT2D eigenvalue weighted by molar-refractivity contribution is 7.80. The summed E-state index contributed by atoms with van der Waals surface area (Å²) in [5.41, 5.74) is 4.87. The Morgan fingerprint density at radius 1 is 1.06 bits per heavy atom. The van der Waals surface area contributed by atoms with Gasteiger partial charge in [-0.15, -0.1) is 0 Å². The van der Waals surface area contributed by atoms with Crippen LogP contribution in [0.15, 0.2) is 66.9 Å². The fraction of sp³-hybridized carbons (Fsp3) is 0.333. The first-order valence-electron chi connectivity index (χ1n) is 11.8. The van der Waals surface area contributed by atoms with Crippen LogP contribution in [0.2, 0.25) is 5.02 Å². The Kier molecular flexibility index (Phi) is 6.99. The summed E-state index contributed by atoms with van der Waals surface area (Å²) in [6, 6.07) is 20.9. The average Bonchev–Trinajstić information content (AvgIpc) is 2.88. The summed E-state index contributed by atoms with van der Waals surface area (Å²) >= 11 is 11.9. The highest BCUT2D eigenvalue weighted by Crippen LogP contribution is 2.35. The van der Waals surface area contributed by atoms with Gasteiger partial charge >= 0.3 is 0 Å². The SMILES string of the molecule is S=C(NCC1(c2cccc(Cl)c2)CCOCC1)Nc1ccc(N2CCc3ccccc3C2)nc1. The second-order valence-electron chi connectivity index (χ2n) is 9.06. The third-order valence-electron chi connectivity index (χ3n) is 6.93. The molecule has 3 aromatic rings. The van der Waals surface area contributed by atoms with Crippen LogP contribution in [0, 0.1) is 0 Å². The van der Waals surface area contributed by atoms with Crippen molar-refractivity contribution in [2.24, 2.45) is 0 Å². The second kappa shape index (κ2) is 10.3. The fourth-order valence-corrected chi connectivity index (χ4v) is 5.29. The smallest absolute Gasteiger partial charge is 0.170 e. The van der Waals surface area contributed by atoms with Crippen molar-refractivity contribution in [3.63, 3.8) is 0 Å². The Bertz CT molecular complexity index is 1150. The Hall–Kier alpha value is -2.67.